The molecule has 0 aromatic heterocycles. The van der Waals surface area contributed by atoms with Crippen molar-refractivity contribution in [2.75, 3.05) is 4.43 Å². The minimum absolute atomic E-state index is 0.136. The number of ether oxygens (including phenoxy) is 3. The molecular weight excluding hydrogens is 499 g/mol. The summed E-state index contributed by atoms with van der Waals surface area (Å²) in [6, 6.07) is 30.5. The molecule has 3 atom stereocenters. The standard InChI is InChI=1S/C27H29IO3/c1-2-25(29-19-22-12-6-3-7-13-22)27(31-21-24-16-10-5-11-17-24)26(18-28)30-20-23-14-8-4-9-15-23/h2-17,25-27H,1,18-21H2/t25-,26+,27-/m1/s1. The van der Waals surface area contributed by atoms with E-state index in [-0.39, 0.29) is 18.3 Å². The lowest BCUT2D eigenvalue weighted by Gasteiger charge is -2.31. The maximum absolute atomic E-state index is 6.39. The van der Waals surface area contributed by atoms with E-state index in [1.807, 2.05) is 60.7 Å². The summed E-state index contributed by atoms with van der Waals surface area (Å²) in [4.78, 5) is 0. The molecule has 0 radical (unpaired) electrons. The van der Waals surface area contributed by atoms with Crippen molar-refractivity contribution < 1.29 is 14.2 Å². The van der Waals surface area contributed by atoms with Crippen LogP contribution in [-0.2, 0) is 34.0 Å². The van der Waals surface area contributed by atoms with Gasteiger partial charge in [0.1, 0.15) is 12.2 Å². The molecule has 0 aliphatic carbocycles. The molecule has 3 aromatic carbocycles. The predicted molar refractivity (Wildman–Crippen MR) is 134 cm³/mol. The van der Waals surface area contributed by atoms with Crippen molar-refractivity contribution >= 4 is 22.6 Å². The van der Waals surface area contributed by atoms with Gasteiger partial charge in [0, 0.05) is 4.43 Å². The molecule has 3 nitrogen and oxygen atoms in total. The zero-order valence-electron chi connectivity index (χ0n) is 17.6. The second-order valence-corrected chi connectivity index (χ2v) is 8.13. The minimum Gasteiger partial charge on any atom is -0.370 e. The van der Waals surface area contributed by atoms with Crippen molar-refractivity contribution in [1.29, 1.82) is 0 Å². The molecule has 0 fully saturated rings. The summed E-state index contributed by atoms with van der Waals surface area (Å²) >= 11 is 2.36. The molecule has 162 valence electrons. The SMILES string of the molecule is C=C[C@@H](OCc1ccccc1)[C@@H](OCc1ccccc1)[C@H](CI)OCc1ccccc1. The monoisotopic (exact) mass is 528 g/mol. The number of rotatable bonds is 13. The van der Waals surface area contributed by atoms with Gasteiger partial charge in [0.2, 0.25) is 0 Å². The molecule has 0 amide bonds. The van der Waals surface area contributed by atoms with E-state index in [0.717, 1.165) is 21.1 Å². The molecule has 31 heavy (non-hydrogen) atoms. The third-order valence-corrected chi connectivity index (χ3v) is 5.82. The molecule has 0 spiro atoms. The van der Waals surface area contributed by atoms with Crippen LogP contribution in [-0.4, -0.2) is 22.7 Å². The van der Waals surface area contributed by atoms with Crippen LogP contribution in [0.25, 0.3) is 0 Å². The van der Waals surface area contributed by atoms with Crippen LogP contribution in [0.4, 0.5) is 0 Å². The predicted octanol–water partition coefficient (Wildman–Crippen LogP) is 6.36. The van der Waals surface area contributed by atoms with Gasteiger partial charge >= 0.3 is 0 Å². The molecule has 0 bridgehead atoms. The number of hydrogen-bond donors (Lipinski definition) is 0. The maximum Gasteiger partial charge on any atom is 0.115 e. The van der Waals surface area contributed by atoms with Crippen molar-refractivity contribution in [2.24, 2.45) is 0 Å². The Hall–Kier alpha value is -1.99. The van der Waals surface area contributed by atoms with E-state index in [9.17, 15) is 0 Å². The van der Waals surface area contributed by atoms with E-state index < -0.39 is 0 Å². The van der Waals surface area contributed by atoms with Gasteiger partial charge in [-0.25, -0.2) is 0 Å². The van der Waals surface area contributed by atoms with E-state index in [2.05, 4.69) is 65.6 Å². The van der Waals surface area contributed by atoms with Crippen molar-refractivity contribution in [3.8, 4) is 0 Å². The summed E-state index contributed by atoms with van der Waals surface area (Å²) in [6.07, 6.45) is 1.12. The van der Waals surface area contributed by atoms with E-state index in [1.54, 1.807) is 0 Å². The Morgan fingerprint density at radius 3 is 1.48 bits per heavy atom. The average molecular weight is 528 g/mol. The van der Waals surface area contributed by atoms with Gasteiger partial charge in [-0.2, -0.15) is 0 Å². The van der Waals surface area contributed by atoms with E-state index in [1.165, 1.54) is 0 Å². The van der Waals surface area contributed by atoms with Crippen molar-refractivity contribution in [3.05, 3.63) is 120 Å². The van der Waals surface area contributed by atoms with E-state index in [0.29, 0.717) is 19.8 Å². The van der Waals surface area contributed by atoms with Gasteiger partial charge < -0.3 is 14.2 Å². The highest BCUT2D eigenvalue weighted by Gasteiger charge is 2.30. The van der Waals surface area contributed by atoms with Crippen LogP contribution in [0.15, 0.2) is 104 Å². The molecule has 0 aliphatic rings. The lowest BCUT2D eigenvalue weighted by molar-refractivity contribution is -0.130. The Bertz CT molecular complexity index is 871. The zero-order valence-corrected chi connectivity index (χ0v) is 19.8. The molecule has 0 saturated carbocycles. The Balaban J connectivity index is 1.71. The molecule has 3 rings (SSSR count). The summed E-state index contributed by atoms with van der Waals surface area (Å²) in [6.45, 7) is 5.54. The van der Waals surface area contributed by atoms with Crippen LogP contribution in [0, 0.1) is 0 Å². The molecule has 0 N–H and O–H groups in total. The van der Waals surface area contributed by atoms with Gasteiger partial charge in [0.05, 0.1) is 25.9 Å². The number of hydrogen-bond acceptors (Lipinski definition) is 3. The van der Waals surface area contributed by atoms with Gasteiger partial charge in [0.25, 0.3) is 0 Å². The smallest absolute Gasteiger partial charge is 0.115 e. The largest absolute Gasteiger partial charge is 0.370 e. The van der Waals surface area contributed by atoms with Crippen LogP contribution >= 0.6 is 22.6 Å². The van der Waals surface area contributed by atoms with Crippen LogP contribution in [0.2, 0.25) is 0 Å². The third kappa shape index (κ3) is 7.89. The highest BCUT2D eigenvalue weighted by molar-refractivity contribution is 14.1. The molecule has 0 saturated heterocycles. The van der Waals surface area contributed by atoms with Gasteiger partial charge in [-0.1, -0.05) is 120 Å². The number of halogens is 1. The van der Waals surface area contributed by atoms with Gasteiger partial charge in [0.15, 0.2) is 0 Å². The minimum atomic E-state index is -0.292. The first-order valence-electron chi connectivity index (χ1n) is 10.4. The Kier molecular flexibility index (Phi) is 10.3. The number of alkyl halides is 1. The molecule has 0 heterocycles. The van der Waals surface area contributed by atoms with Crippen LogP contribution in [0.1, 0.15) is 16.7 Å². The first-order valence-corrected chi connectivity index (χ1v) is 12.0. The van der Waals surface area contributed by atoms with Crippen molar-refractivity contribution in [3.63, 3.8) is 0 Å². The lowest BCUT2D eigenvalue weighted by Crippen LogP contribution is -2.42. The van der Waals surface area contributed by atoms with Gasteiger partial charge in [-0.15, -0.1) is 6.58 Å². The number of benzene rings is 3. The van der Waals surface area contributed by atoms with Crippen LogP contribution < -0.4 is 0 Å². The highest BCUT2D eigenvalue weighted by atomic mass is 127. The fraction of sp³-hybridized carbons (Fsp3) is 0.259. The summed E-state index contributed by atoms with van der Waals surface area (Å²) < 4.78 is 19.7. The van der Waals surface area contributed by atoms with Crippen molar-refractivity contribution in [1.82, 2.24) is 0 Å². The lowest BCUT2D eigenvalue weighted by atomic mass is 10.1. The normalized spacial score (nSPS) is 14.0. The van der Waals surface area contributed by atoms with E-state index in [4.69, 9.17) is 14.2 Å². The average Bonchev–Trinajstić information content (AvgIpc) is 2.84. The quantitative estimate of drug-likeness (QED) is 0.147. The molecule has 3 aromatic rings. The molecule has 0 unspecified atom stereocenters. The molecule has 0 aliphatic heterocycles. The fourth-order valence-corrected chi connectivity index (χ4v) is 4.00. The molecule has 4 heteroatoms. The first-order chi connectivity index (χ1) is 15.3. The summed E-state index contributed by atoms with van der Waals surface area (Å²) in [5.74, 6) is 0. The van der Waals surface area contributed by atoms with Crippen LogP contribution in [0.5, 0.6) is 0 Å². The summed E-state index contributed by atoms with van der Waals surface area (Å²) in [5, 5.41) is 0. The Morgan fingerprint density at radius 1 is 0.645 bits per heavy atom. The zero-order chi connectivity index (χ0) is 21.7. The van der Waals surface area contributed by atoms with Crippen LogP contribution in [0.3, 0.4) is 0 Å². The second kappa shape index (κ2) is 13.4. The Labute approximate surface area is 199 Å². The van der Waals surface area contributed by atoms with Crippen molar-refractivity contribution in [2.45, 2.75) is 38.1 Å². The summed E-state index contributed by atoms with van der Waals surface area (Å²) in [7, 11) is 0. The topological polar surface area (TPSA) is 27.7 Å². The Morgan fingerprint density at radius 2 is 1.06 bits per heavy atom. The van der Waals surface area contributed by atoms with E-state index >= 15 is 0 Å². The second-order valence-electron chi connectivity index (χ2n) is 7.25. The highest BCUT2D eigenvalue weighted by Crippen LogP contribution is 2.20. The van der Waals surface area contributed by atoms with Gasteiger partial charge in [-0.3, -0.25) is 0 Å². The van der Waals surface area contributed by atoms with Gasteiger partial charge in [-0.05, 0) is 16.7 Å². The first kappa shape index (κ1) is 23.7. The molecular formula is C27H29IO3. The summed E-state index contributed by atoms with van der Waals surface area (Å²) in [5.41, 5.74) is 3.38. The maximum atomic E-state index is 6.39. The fourth-order valence-electron chi connectivity index (χ4n) is 3.25. The third-order valence-electron chi connectivity index (χ3n) is 4.95.